The fourth-order valence-corrected chi connectivity index (χ4v) is 2.73. The van der Waals surface area contributed by atoms with Gasteiger partial charge in [0, 0.05) is 10.6 Å². The van der Waals surface area contributed by atoms with E-state index in [1.165, 1.54) is 23.9 Å². The Morgan fingerprint density at radius 3 is 2.39 bits per heavy atom. The molecule has 0 aliphatic rings. The van der Waals surface area contributed by atoms with Gasteiger partial charge in [-0.25, -0.2) is 4.39 Å². The van der Waals surface area contributed by atoms with Gasteiger partial charge in [0.25, 0.3) is 5.91 Å². The number of hydrazine groups is 1. The van der Waals surface area contributed by atoms with E-state index >= 15 is 0 Å². The molecule has 120 valence electrons. The van der Waals surface area contributed by atoms with E-state index < -0.39 is 0 Å². The van der Waals surface area contributed by atoms with E-state index in [9.17, 15) is 9.18 Å². The highest BCUT2D eigenvalue weighted by Crippen LogP contribution is 2.22. The van der Waals surface area contributed by atoms with Crippen LogP contribution in [-0.4, -0.2) is 16.3 Å². The molecule has 0 fully saturated rings. The molecule has 0 aliphatic heterocycles. The van der Waals surface area contributed by atoms with Gasteiger partial charge in [-0.05, 0) is 55.5 Å². The number of amides is 1. The Morgan fingerprint density at radius 1 is 1.09 bits per heavy atom. The maximum Gasteiger partial charge on any atom is 0.251 e. The predicted octanol–water partition coefficient (Wildman–Crippen LogP) is 3.32. The lowest BCUT2D eigenvalue weighted by atomic mass is 10.3. The van der Waals surface area contributed by atoms with Crippen molar-refractivity contribution in [3.63, 3.8) is 0 Å². The highest BCUT2D eigenvalue weighted by molar-refractivity contribution is 8.00. The van der Waals surface area contributed by atoms with E-state index in [4.69, 9.17) is 12.2 Å². The molecule has 0 heterocycles. The van der Waals surface area contributed by atoms with Gasteiger partial charge in [0.1, 0.15) is 5.82 Å². The predicted molar refractivity (Wildman–Crippen MR) is 95.7 cm³/mol. The summed E-state index contributed by atoms with van der Waals surface area (Å²) in [5, 5.41) is 2.79. The maximum absolute atomic E-state index is 12.8. The smallest absolute Gasteiger partial charge is 0.251 e. The summed E-state index contributed by atoms with van der Waals surface area (Å²) < 4.78 is 12.8. The summed E-state index contributed by atoms with van der Waals surface area (Å²) in [6.45, 7) is 1.81. The molecule has 1 amide bonds. The zero-order valence-corrected chi connectivity index (χ0v) is 14.0. The monoisotopic (exact) mass is 349 g/mol. The molecule has 0 spiro atoms. The molecule has 0 aromatic heterocycles. The van der Waals surface area contributed by atoms with Crippen LogP contribution in [0.25, 0.3) is 0 Å². The Morgan fingerprint density at radius 2 is 1.74 bits per heavy atom. The Kier molecular flexibility index (Phi) is 6.37. The van der Waals surface area contributed by atoms with Crippen molar-refractivity contribution < 1.29 is 9.18 Å². The first kappa shape index (κ1) is 17.2. The fraction of sp³-hybridized carbons (Fsp3) is 0.125. The minimum Gasteiger partial charge on any atom is -0.331 e. The Balaban J connectivity index is 1.76. The molecular weight excluding hydrogens is 333 g/mol. The third-order valence-electron chi connectivity index (χ3n) is 2.83. The van der Waals surface area contributed by atoms with Crippen molar-refractivity contribution in [2.24, 2.45) is 0 Å². The fourth-order valence-electron chi connectivity index (χ4n) is 1.67. The molecule has 4 nitrogen and oxygen atoms in total. The molecular formula is C16H16FN3OS2. The molecule has 3 N–H and O–H groups in total. The van der Waals surface area contributed by atoms with Crippen LogP contribution in [0.15, 0.2) is 59.5 Å². The van der Waals surface area contributed by atoms with Gasteiger partial charge in [0.05, 0.1) is 5.25 Å². The van der Waals surface area contributed by atoms with Crippen molar-refractivity contribution in [1.82, 2.24) is 10.9 Å². The number of anilines is 1. The zero-order valence-electron chi connectivity index (χ0n) is 12.4. The van der Waals surface area contributed by atoms with Gasteiger partial charge in [-0.15, -0.1) is 11.8 Å². The van der Waals surface area contributed by atoms with Crippen LogP contribution >= 0.6 is 24.0 Å². The van der Waals surface area contributed by atoms with Crippen molar-refractivity contribution in [3.8, 4) is 0 Å². The van der Waals surface area contributed by atoms with Crippen LogP contribution in [0.4, 0.5) is 10.1 Å². The molecule has 0 aliphatic carbocycles. The van der Waals surface area contributed by atoms with Crippen LogP contribution in [0.1, 0.15) is 6.92 Å². The molecule has 2 rings (SSSR count). The van der Waals surface area contributed by atoms with Crippen LogP contribution in [0.5, 0.6) is 0 Å². The largest absolute Gasteiger partial charge is 0.331 e. The number of benzene rings is 2. The van der Waals surface area contributed by atoms with Crippen molar-refractivity contribution >= 4 is 40.7 Å². The van der Waals surface area contributed by atoms with Gasteiger partial charge >= 0.3 is 0 Å². The molecule has 0 radical (unpaired) electrons. The molecule has 23 heavy (non-hydrogen) atoms. The quantitative estimate of drug-likeness (QED) is 0.449. The summed E-state index contributed by atoms with van der Waals surface area (Å²) in [5.74, 6) is -0.517. The summed E-state index contributed by atoms with van der Waals surface area (Å²) in [6.07, 6.45) is 0. The number of hydrogen-bond acceptors (Lipinski definition) is 3. The van der Waals surface area contributed by atoms with Gasteiger partial charge < -0.3 is 5.32 Å². The highest BCUT2D eigenvalue weighted by atomic mass is 32.2. The Bertz CT molecular complexity index is 665. The number of rotatable bonds is 4. The van der Waals surface area contributed by atoms with Crippen LogP contribution in [-0.2, 0) is 4.79 Å². The highest BCUT2D eigenvalue weighted by Gasteiger charge is 2.14. The van der Waals surface area contributed by atoms with Gasteiger partial charge in [-0.2, -0.15) is 0 Å². The van der Waals surface area contributed by atoms with E-state index in [-0.39, 0.29) is 22.1 Å². The molecule has 7 heteroatoms. The summed E-state index contributed by atoms with van der Waals surface area (Å²) in [5.41, 5.74) is 5.80. The van der Waals surface area contributed by atoms with Crippen molar-refractivity contribution in [1.29, 1.82) is 0 Å². The van der Waals surface area contributed by atoms with E-state index in [1.54, 1.807) is 12.1 Å². The maximum atomic E-state index is 12.8. The summed E-state index contributed by atoms with van der Waals surface area (Å²) in [6, 6.07) is 15.4. The lowest BCUT2D eigenvalue weighted by Crippen LogP contribution is -2.46. The summed E-state index contributed by atoms with van der Waals surface area (Å²) in [7, 11) is 0. The minimum absolute atomic E-state index is 0.192. The molecule has 0 saturated carbocycles. The summed E-state index contributed by atoms with van der Waals surface area (Å²) >= 11 is 6.52. The molecule has 1 atom stereocenters. The average Bonchev–Trinajstić information content (AvgIpc) is 2.55. The topological polar surface area (TPSA) is 53.2 Å². The van der Waals surface area contributed by atoms with E-state index in [0.29, 0.717) is 5.69 Å². The van der Waals surface area contributed by atoms with Crippen LogP contribution < -0.4 is 16.2 Å². The van der Waals surface area contributed by atoms with Gasteiger partial charge in [-0.3, -0.25) is 15.6 Å². The Hall–Kier alpha value is -2.12. The molecule has 2 aromatic rings. The lowest BCUT2D eigenvalue weighted by Gasteiger charge is -2.15. The molecule has 2 aromatic carbocycles. The Labute approximate surface area is 143 Å². The second-order valence-electron chi connectivity index (χ2n) is 4.65. The molecule has 0 unspecified atom stereocenters. The van der Waals surface area contributed by atoms with Crippen LogP contribution in [0.3, 0.4) is 0 Å². The first-order valence-electron chi connectivity index (χ1n) is 6.89. The normalized spacial score (nSPS) is 11.4. The number of carbonyl (C=O) groups excluding carboxylic acids is 1. The number of carbonyl (C=O) groups is 1. The SMILES string of the molecule is C[C@H](Sc1ccccc1)C(=O)NNC(=S)Nc1ccc(F)cc1. The molecule has 0 saturated heterocycles. The van der Waals surface area contributed by atoms with Crippen LogP contribution in [0, 0.1) is 5.82 Å². The van der Waals surface area contributed by atoms with Crippen molar-refractivity contribution in [2.45, 2.75) is 17.1 Å². The van der Waals surface area contributed by atoms with Gasteiger partial charge in [-0.1, -0.05) is 18.2 Å². The standard InChI is InChI=1S/C16H16FN3OS2/c1-11(23-14-5-3-2-4-6-14)15(21)19-20-16(22)18-13-9-7-12(17)8-10-13/h2-11H,1H3,(H,19,21)(H2,18,20,22)/t11-/m0/s1. The first-order chi connectivity index (χ1) is 11.0. The van der Waals surface area contributed by atoms with Gasteiger partial charge in [0.2, 0.25) is 0 Å². The second-order valence-corrected chi connectivity index (χ2v) is 6.47. The zero-order chi connectivity index (χ0) is 16.7. The van der Waals surface area contributed by atoms with Crippen molar-refractivity contribution in [3.05, 3.63) is 60.4 Å². The van der Waals surface area contributed by atoms with Gasteiger partial charge in [0.15, 0.2) is 5.11 Å². The first-order valence-corrected chi connectivity index (χ1v) is 8.17. The molecule has 0 bridgehead atoms. The van der Waals surface area contributed by atoms with E-state index in [2.05, 4.69) is 16.2 Å². The number of hydrogen-bond donors (Lipinski definition) is 3. The third kappa shape index (κ3) is 5.88. The van der Waals surface area contributed by atoms with Crippen molar-refractivity contribution in [2.75, 3.05) is 5.32 Å². The van der Waals surface area contributed by atoms with Crippen LogP contribution in [0.2, 0.25) is 0 Å². The number of nitrogens with one attached hydrogen (secondary N) is 3. The van der Waals surface area contributed by atoms with E-state index in [0.717, 1.165) is 4.90 Å². The number of thiocarbonyl (C=S) groups is 1. The average molecular weight is 349 g/mol. The number of thioether (sulfide) groups is 1. The summed E-state index contributed by atoms with van der Waals surface area (Å²) in [4.78, 5) is 13.0. The van der Waals surface area contributed by atoms with E-state index in [1.807, 2.05) is 37.3 Å². The third-order valence-corrected chi connectivity index (χ3v) is 4.14. The number of halogens is 1. The second kappa shape index (κ2) is 8.50. The lowest BCUT2D eigenvalue weighted by molar-refractivity contribution is -0.120. The minimum atomic E-state index is -0.325.